The van der Waals surface area contributed by atoms with Crippen LogP contribution < -0.4 is 5.73 Å². The van der Waals surface area contributed by atoms with Gasteiger partial charge in [-0.1, -0.05) is 44.2 Å². The first-order valence-electron chi connectivity index (χ1n) is 9.56. The zero-order valence-electron chi connectivity index (χ0n) is 15.4. The number of carbonyl (C=O) groups is 2. The number of anilines is 1. The summed E-state index contributed by atoms with van der Waals surface area (Å²) in [7, 11) is 0. The summed E-state index contributed by atoms with van der Waals surface area (Å²) in [5.74, 6) is 0.950. The number of halogens is 1. The summed E-state index contributed by atoms with van der Waals surface area (Å²) in [4.78, 5) is 28.7. The van der Waals surface area contributed by atoms with Crippen molar-refractivity contribution in [2.75, 3.05) is 31.9 Å². The lowest BCUT2D eigenvalue weighted by Gasteiger charge is -2.35. The number of nitrogens with zero attached hydrogens (tertiary/aromatic N) is 2. The molecule has 0 radical (unpaired) electrons. The van der Waals surface area contributed by atoms with Crippen molar-refractivity contribution in [2.45, 2.75) is 44.9 Å². The fraction of sp³-hybridized carbons (Fsp3) is 0.600. The molecule has 1 saturated heterocycles. The molecule has 2 aliphatic rings. The van der Waals surface area contributed by atoms with Crippen molar-refractivity contribution in [3.63, 3.8) is 0 Å². The smallest absolute Gasteiger partial charge is 0.256 e. The van der Waals surface area contributed by atoms with Crippen LogP contribution in [0.2, 0.25) is 0 Å². The fourth-order valence-corrected chi connectivity index (χ4v) is 3.98. The predicted molar refractivity (Wildman–Crippen MR) is 106 cm³/mol. The summed E-state index contributed by atoms with van der Waals surface area (Å²) < 4.78 is 0. The Bertz CT molecular complexity index is 609. The standard InChI is InChI=1S/C20H29N3O2.ClH/c21-18-9-5-4-8-17(18)20(25)23-14-12-22(13-15-23)19(24)11-10-16-6-2-1-3-7-16;/h4-5,8-9,16H,1-3,6-7,10-15,21H2;1H. The van der Waals surface area contributed by atoms with E-state index in [1.807, 2.05) is 17.0 Å². The van der Waals surface area contributed by atoms with Gasteiger partial charge in [0.05, 0.1) is 5.56 Å². The third-order valence-electron chi connectivity index (χ3n) is 5.60. The maximum atomic E-state index is 12.6. The van der Waals surface area contributed by atoms with Crippen LogP contribution in [0.1, 0.15) is 55.3 Å². The van der Waals surface area contributed by atoms with Gasteiger partial charge in [-0.3, -0.25) is 9.59 Å². The van der Waals surface area contributed by atoms with Crippen LogP contribution in [-0.2, 0) is 4.79 Å². The van der Waals surface area contributed by atoms with Gasteiger partial charge in [0.15, 0.2) is 0 Å². The Morgan fingerprint density at radius 1 is 0.962 bits per heavy atom. The van der Waals surface area contributed by atoms with Crippen molar-refractivity contribution >= 4 is 29.9 Å². The lowest BCUT2D eigenvalue weighted by atomic mass is 9.86. The second-order valence-electron chi connectivity index (χ2n) is 7.30. The Balaban J connectivity index is 0.00000243. The van der Waals surface area contributed by atoms with Gasteiger partial charge in [-0.25, -0.2) is 0 Å². The molecule has 1 heterocycles. The van der Waals surface area contributed by atoms with Crippen LogP contribution >= 0.6 is 12.4 Å². The SMILES string of the molecule is Cl.Nc1ccccc1C(=O)N1CCN(C(=O)CCC2CCCCC2)CC1. The third-order valence-corrected chi connectivity index (χ3v) is 5.60. The monoisotopic (exact) mass is 379 g/mol. The lowest BCUT2D eigenvalue weighted by Crippen LogP contribution is -2.50. The Hall–Kier alpha value is -1.75. The van der Waals surface area contributed by atoms with Crippen LogP contribution in [-0.4, -0.2) is 47.8 Å². The maximum Gasteiger partial charge on any atom is 0.256 e. The molecule has 0 spiro atoms. The first-order chi connectivity index (χ1) is 12.1. The highest BCUT2D eigenvalue weighted by atomic mass is 35.5. The number of amides is 2. The van der Waals surface area contributed by atoms with Crippen LogP contribution in [0, 0.1) is 5.92 Å². The summed E-state index contributed by atoms with van der Waals surface area (Å²) in [6.07, 6.45) is 8.25. The largest absolute Gasteiger partial charge is 0.398 e. The number of benzene rings is 1. The maximum absolute atomic E-state index is 12.6. The van der Waals surface area contributed by atoms with E-state index in [0.29, 0.717) is 43.9 Å². The third kappa shape index (κ3) is 5.13. The zero-order valence-corrected chi connectivity index (χ0v) is 16.2. The molecule has 26 heavy (non-hydrogen) atoms. The van der Waals surface area contributed by atoms with Gasteiger partial charge in [0.25, 0.3) is 5.91 Å². The molecule has 1 aromatic rings. The number of hydrogen-bond donors (Lipinski definition) is 1. The van der Waals surface area contributed by atoms with Crippen LogP contribution in [0.3, 0.4) is 0 Å². The summed E-state index contributed by atoms with van der Waals surface area (Å²) in [6.45, 7) is 2.43. The van der Waals surface area contributed by atoms with Gasteiger partial charge in [-0.15, -0.1) is 12.4 Å². The molecule has 1 aliphatic carbocycles. The molecule has 0 unspecified atom stereocenters. The van der Waals surface area contributed by atoms with E-state index in [4.69, 9.17) is 5.73 Å². The Morgan fingerprint density at radius 2 is 1.58 bits per heavy atom. The number of nitrogen functional groups attached to an aromatic ring is 1. The van der Waals surface area contributed by atoms with Crippen molar-refractivity contribution in [3.05, 3.63) is 29.8 Å². The van der Waals surface area contributed by atoms with Gasteiger partial charge >= 0.3 is 0 Å². The second-order valence-corrected chi connectivity index (χ2v) is 7.30. The average Bonchev–Trinajstić information content (AvgIpc) is 2.67. The van der Waals surface area contributed by atoms with Crippen molar-refractivity contribution in [2.24, 2.45) is 5.92 Å². The minimum Gasteiger partial charge on any atom is -0.398 e. The predicted octanol–water partition coefficient (Wildman–Crippen LogP) is 3.34. The minimum absolute atomic E-state index is 0. The molecule has 2 N–H and O–H groups in total. The topological polar surface area (TPSA) is 66.6 Å². The van der Waals surface area contributed by atoms with Gasteiger partial charge in [0, 0.05) is 38.3 Å². The molecule has 0 atom stereocenters. The molecular weight excluding hydrogens is 350 g/mol. The van der Waals surface area contributed by atoms with Gasteiger partial charge in [-0.2, -0.15) is 0 Å². The van der Waals surface area contributed by atoms with E-state index in [-0.39, 0.29) is 24.2 Å². The van der Waals surface area contributed by atoms with E-state index < -0.39 is 0 Å². The van der Waals surface area contributed by atoms with Gasteiger partial charge in [-0.05, 0) is 24.5 Å². The van der Waals surface area contributed by atoms with Crippen LogP contribution in [0.25, 0.3) is 0 Å². The first-order valence-corrected chi connectivity index (χ1v) is 9.56. The highest BCUT2D eigenvalue weighted by molar-refractivity contribution is 5.99. The summed E-state index contributed by atoms with van der Waals surface area (Å²) in [5, 5.41) is 0. The minimum atomic E-state index is -0.0348. The first kappa shape index (κ1) is 20.6. The number of rotatable bonds is 4. The molecule has 3 rings (SSSR count). The van der Waals surface area contributed by atoms with E-state index >= 15 is 0 Å². The molecule has 2 amide bonds. The quantitative estimate of drug-likeness (QED) is 0.816. The highest BCUT2D eigenvalue weighted by Crippen LogP contribution is 2.27. The molecule has 2 fully saturated rings. The molecule has 0 aromatic heterocycles. The summed E-state index contributed by atoms with van der Waals surface area (Å²) in [6, 6.07) is 7.17. The van der Waals surface area contributed by atoms with E-state index in [0.717, 1.165) is 12.3 Å². The lowest BCUT2D eigenvalue weighted by molar-refractivity contribution is -0.133. The van der Waals surface area contributed by atoms with E-state index in [1.54, 1.807) is 17.0 Å². The normalized spacial score (nSPS) is 18.3. The van der Waals surface area contributed by atoms with E-state index in [9.17, 15) is 9.59 Å². The van der Waals surface area contributed by atoms with E-state index in [2.05, 4.69) is 0 Å². The molecule has 5 nitrogen and oxygen atoms in total. The molecule has 144 valence electrons. The summed E-state index contributed by atoms with van der Waals surface area (Å²) in [5.41, 5.74) is 6.97. The van der Waals surface area contributed by atoms with Crippen molar-refractivity contribution in [1.29, 1.82) is 0 Å². The van der Waals surface area contributed by atoms with Gasteiger partial charge in [0.2, 0.25) is 5.91 Å². The molecular formula is C20H30ClN3O2. The number of hydrogen-bond acceptors (Lipinski definition) is 3. The van der Waals surface area contributed by atoms with Crippen LogP contribution in [0.5, 0.6) is 0 Å². The number of nitrogens with two attached hydrogens (primary N) is 1. The van der Waals surface area contributed by atoms with Crippen LogP contribution in [0.15, 0.2) is 24.3 Å². The Labute approximate surface area is 162 Å². The van der Waals surface area contributed by atoms with Crippen LogP contribution in [0.4, 0.5) is 5.69 Å². The second kappa shape index (κ2) is 9.81. The highest BCUT2D eigenvalue weighted by Gasteiger charge is 2.26. The van der Waals surface area contributed by atoms with Gasteiger partial charge in [0.1, 0.15) is 0 Å². The molecule has 6 heteroatoms. The number of piperazine rings is 1. The van der Waals surface area contributed by atoms with Crippen molar-refractivity contribution in [3.8, 4) is 0 Å². The number of para-hydroxylation sites is 1. The zero-order chi connectivity index (χ0) is 17.6. The Morgan fingerprint density at radius 3 is 2.23 bits per heavy atom. The van der Waals surface area contributed by atoms with Crippen molar-refractivity contribution in [1.82, 2.24) is 9.80 Å². The summed E-state index contributed by atoms with van der Waals surface area (Å²) >= 11 is 0. The molecule has 1 aromatic carbocycles. The van der Waals surface area contributed by atoms with Gasteiger partial charge < -0.3 is 15.5 Å². The van der Waals surface area contributed by atoms with E-state index in [1.165, 1.54) is 32.1 Å². The fourth-order valence-electron chi connectivity index (χ4n) is 3.98. The number of carbonyl (C=O) groups excluding carboxylic acids is 2. The molecule has 0 bridgehead atoms. The Kier molecular flexibility index (Phi) is 7.76. The average molecular weight is 380 g/mol. The molecule has 1 aliphatic heterocycles. The van der Waals surface area contributed by atoms with Crippen molar-refractivity contribution < 1.29 is 9.59 Å². The molecule has 1 saturated carbocycles.